The van der Waals surface area contributed by atoms with E-state index in [1.807, 2.05) is 11.9 Å². The predicted molar refractivity (Wildman–Crippen MR) is 83.7 cm³/mol. The first-order chi connectivity index (χ1) is 9.96. The molecule has 0 aromatic rings. The first kappa shape index (κ1) is 16.3. The van der Waals surface area contributed by atoms with Crippen molar-refractivity contribution < 1.29 is 4.79 Å². The molecule has 2 rings (SSSR count). The summed E-state index contributed by atoms with van der Waals surface area (Å²) in [6.07, 6.45) is 9.34. The zero-order valence-electron chi connectivity index (χ0n) is 13.8. The van der Waals surface area contributed by atoms with E-state index in [-0.39, 0.29) is 11.4 Å². The topological polar surface area (TPSA) is 47.3 Å². The van der Waals surface area contributed by atoms with Crippen LogP contribution < -0.4 is 0 Å². The smallest absolute Gasteiger partial charge is 0.242 e. The molecule has 0 bridgehead atoms. The molecule has 1 amide bonds. The van der Waals surface area contributed by atoms with Gasteiger partial charge >= 0.3 is 0 Å². The lowest BCUT2D eigenvalue weighted by Crippen LogP contribution is -2.58. The van der Waals surface area contributed by atoms with Crippen molar-refractivity contribution in [1.29, 1.82) is 5.26 Å². The molecule has 2 saturated carbocycles. The molecule has 4 nitrogen and oxygen atoms in total. The van der Waals surface area contributed by atoms with Gasteiger partial charge in [0.15, 0.2) is 0 Å². The highest BCUT2D eigenvalue weighted by Gasteiger charge is 2.45. The first-order valence-electron chi connectivity index (χ1n) is 8.30. The minimum absolute atomic E-state index is 0.0556. The van der Waals surface area contributed by atoms with Gasteiger partial charge in [-0.1, -0.05) is 25.7 Å². The van der Waals surface area contributed by atoms with Crippen LogP contribution in [0.4, 0.5) is 0 Å². The van der Waals surface area contributed by atoms with Gasteiger partial charge in [0.25, 0.3) is 0 Å². The number of carbonyl (C=O) groups is 1. The highest BCUT2D eigenvalue weighted by atomic mass is 16.2. The fourth-order valence-electron chi connectivity index (χ4n) is 3.92. The maximum atomic E-state index is 12.9. The van der Waals surface area contributed by atoms with Crippen LogP contribution in [0.5, 0.6) is 0 Å². The summed E-state index contributed by atoms with van der Waals surface area (Å²) in [5.41, 5.74) is -0.631. The van der Waals surface area contributed by atoms with Crippen LogP contribution in [0.25, 0.3) is 0 Å². The summed E-state index contributed by atoms with van der Waals surface area (Å²) in [5, 5.41) is 9.66. The monoisotopic (exact) mass is 291 g/mol. The van der Waals surface area contributed by atoms with E-state index >= 15 is 0 Å². The van der Waals surface area contributed by atoms with Crippen molar-refractivity contribution in [1.82, 2.24) is 9.80 Å². The Bertz CT molecular complexity index is 412. The number of rotatable bonds is 4. The fraction of sp³-hybridized carbons (Fsp3) is 0.882. The van der Waals surface area contributed by atoms with Crippen LogP contribution in [0.15, 0.2) is 0 Å². The Morgan fingerprint density at radius 2 is 1.57 bits per heavy atom. The number of hydrogen-bond donors (Lipinski definition) is 0. The minimum Gasteiger partial charge on any atom is -0.343 e. The molecule has 0 N–H and O–H groups in total. The average molecular weight is 291 g/mol. The van der Waals surface area contributed by atoms with E-state index in [0.29, 0.717) is 0 Å². The van der Waals surface area contributed by atoms with Crippen LogP contribution in [-0.4, -0.2) is 48.9 Å². The third-order valence-electron chi connectivity index (χ3n) is 5.69. The van der Waals surface area contributed by atoms with Crippen LogP contribution in [0.3, 0.4) is 0 Å². The van der Waals surface area contributed by atoms with Gasteiger partial charge in [-0.25, -0.2) is 0 Å². The van der Waals surface area contributed by atoms with Gasteiger partial charge < -0.3 is 9.80 Å². The lowest BCUT2D eigenvalue weighted by atomic mass is 9.74. The standard InChI is InChI=1S/C17H29N3O/c1-19(2)17(11-8-12-17)14-20(3)15(21)16(13-18)9-6-4-5-7-10-16/h4-12,14H2,1-3H3. The minimum atomic E-state index is -0.761. The molecule has 21 heavy (non-hydrogen) atoms. The summed E-state index contributed by atoms with van der Waals surface area (Å²) in [5.74, 6) is 0.0556. The highest BCUT2D eigenvalue weighted by Crippen LogP contribution is 2.39. The summed E-state index contributed by atoms with van der Waals surface area (Å²) in [6, 6.07) is 2.38. The Balaban J connectivity index is 2.08. The van der Waals surface area contributed by atoms with Crippen molar-refractivity contribution >= 4 is 5.91 Å². The van der Waals surface area contributed by atoms with Gasteiger partial charge in [-0.2, -0.15) is 5.26 Å². The molecule has 0 unspecified atom stereocenters. The Labute approximate surface area is 129 Å². The molecule has 0 aromatic carbocycles. The van der Waals surface area contributed by atoms with E-state index in [2.05, 4.69) is 25.1 Å². The number of amides is 1. The van der Waals surface area contributed by atoms with Crippen LogP contribution >= 0.6 is 0 Å². The van der Waals surface area contributed by atoms with Crippen molar-refractivity contribution in [3.63, 3.8) is 0 Å². The van der Waals surface area contributed by atoms with Gasteiger partial charge in [0.1, 0.15) is 5.41 Å². The number of carbonyl (C=O) groups excluding carboxylic acids is 1. The lowest BCUT2D eigenvalue weighted by molar-refractivity contribution is -0.141. The molecule has 118 valence electrons. The van der Waals surface area contributed by atoms with E-state index in [0.717, 1.165) is 57.9 Å². The van der Waals surface area contributed by atoms with Gasteiger partial charge in [-0.3, -0.25) is 4.79 Å². The van der Waals surface area contributed by atoms with Gasteiger partial charge in [0.05, 0.1) is 6.07 Å². The Morgan fingerprint density at radius 3 is 1.95 bits per heavy atom. The van der Waals surface area contributed by atoms with E-state index in [4.69, 9.17) is 0 Å². The molecule has 0 radical (unpaired) electrons. The first-order valence-corrected chi connectivity index (χ1v) is 8.30. The Hall–Kier alpha value is -1.08. The molecule has 2 aliphatic rings. The second-order valence-electron chi connectivity index (χ2n) is 7.24. The summed E-state index contributed by atoms with van der Waals surface area (Å²) < 4.78 is 0. The summed E-state index contributed by atoms with van der Waals surface area (Å²) in [4.78, 5) is 17.0. The largest absolute Gasteiger partial charge is 0.343 e. The maximum Gasteiger partial charge on any atom is 0.242 e. The maximum absolute atomic E-state index is 12.9. The van der Waals surface area contributed by atoms with Crippen molar-refractivity contribution in [2.24, 2.45) is 5.41 Å². The SMILES string of the molecule is CN(CC1(N(C)C)CCC1)C(=O)C1(C#N)CCCCCC1. The Kier molecular flexibility index (Phi) is 4.93. The average Bonchev–Trinajstić information content (AvgIpc) is 2.67. The molecule has 0 aliphatic heterocycles. The van der Waals surface area contributed by atoms with Crippen LogP contribution in [0.1, 0.15) is 57.8 Å². The van der Waals surface area contributed by atoms with E-state index in [1.165, 1.54) is 6.42 Å². The van der Waals surface area contributed by atoms with Gasteiger partial charge in [-0.15, -0.1) is 0 Å². The second kappa shape index (κ2) is 6.36. The second-order valence-corrected chi connectivity index (χ2v) is 7.24. The normalized spacial score (nSPS) is 23.8. The molecule has 0 saturated heterocycles. The van der Waals surface area contributed by atoms with Gasteiger partial charge in [0, 0.05) is 19.1 Å². The molecular formula is C17H29N3O. The molecule has 0 spiro atoms. The summed E-state index contributed by atoms with van der Waals surface area (Å²) in [7, 11) is 6.09. The van der Waals surface area contributed by atoms with Crippen molar-refractivity contribution in [2.75, 3.05) is 27.7 Å². The molecule has 0 heterocycles. The summed E-state index contributed by atoms with van der Waals surface area (Å²) in [6.45, 7) is 0.752. The number of hydrogen-bond acceptors (Lipinski definition) is 3. The number of nitrogens with zero attached hydrogens (tertiary/aromatic N) is 3. The van der Waals surface area contributed by atoms with Crippen LogP contribution in [0, 0.1) is 16.7 Å². The zero-order valence-corrected chi connectivity index (χ0v) is 13.8. The van der Waals surface area contributed by atoms with Crippen molar-refractivity contribution in [3.05, 3.63) is 0 Å². The lowest BCUT2D eigenvalue weighted by Gasteiger charge is -2.49. The molecule has 2 aliphatic carbocycles. The van der Waals surface area contributed by atoms with Crippen LogP contribution in [0.2, 0.25) is 0 Å². The molecule has 2 fully saturated rings. The molecular weight excluding hydrogens is 262 g/mol. The predicted octanol–water partition coefficient (Wildman–Crippen LogP) is 2.79. The van der Waals surface area contributed by atoms with Gasteiger partial charge in [0.2, 0.25) is 5.91 Å². The Morgan fingerprint density at radius 1 is 1.00 bits per heavy atom. The van der Waals surface area contributed by atoms with Crippen LogP contribution in [-0.2, 0) is 4.79 Å². The fourth-order valence-corrected chi connectivity index (χ4v) is 3.92. The number of likely N-dealkylation sites (N-methyl/N-ethyl adjacent to an activating group) is 2. The van der Waals surface area contributed by atoms with Crippen molar-refractivity contribution in [2.45, 2.75) is 63.3 Å². The molecule has 4 heteroatoms. The molecule has 0 atom stereocenters. The zero-order chi connectivity index (χ0) is 15.5. The van der Waals surface area contributed by atoms with E-state index < -0.39 is 5.41 Å². The summed E-state index contributed by atoms with van der Waals surface area (Å²) >= 11 is 0. The third kappa shape index (κ3) is 3.08. The third-order valence-corrected chi connectivity index (χ3v) is 5.69. The highest BCUT2D eigenvalue weighted by molar-refractivity contribution is 5.85. The molecule has 0 aromatic heterocycles. The van der Waals surface area contributed by atoms with Gasteiger partial charge in [-0.05, 0) is 46.2 Å². The quantitative estimate of drug-likeness (QED) is 0.748. The van der Waals surface area contributed by atoms with E-state index in [9.17, 15) is 10.1 Å². The number of nitriles is 1. The van der Waals surface area contributed by atoms with E-state index in [1.54, 1.807) is 0 Å². The van der Waals surface area contributed by atoms with Crippen molar-refractivity contribution in [3.8, 4) is 6.07 Å².